The summed E-state index contributed by atoms with van der Waals surface area (Å²) in [4.78, 5) is 16.6. The van der Waals surface area contributed by atoms with Crippen LogP contribution in [0.1, 0.15) is 18.5 Å². The lowest BCUT2D eigenvalue weighted by Gasteiger charge is -2.34. The Balaban J connectivity index is 0.00000180. The molecule has 1 aliphatic rings. The second kappa shape index (κ2) is 8.42. The van der Waals surface area contributed by atoms with Crippen molar-refractivity contribution in [2.24, 2.45) is 0 Å². The van der Waals surface area contributed by atoms with E-state index in [1.54, 1.807) is 13.2 Å². The maximum Gasteiger partial charge on any atom is 0.257 e. The Bertz CT molecular complexity index is 437. The Morgan fingerprint density at radius 2 is 2.00 bits per heavy atom. The maximum atomic E-state index is 12.3. The molecule has 1 aromatic heterocycles. The van der Waals surface area contributed by atoms with Crippen LogP contribution < -0.4 is 10.6 Å². The number of aryl methyl sites for hydroxylation is 1. The molecule has 2 heterocycles. The summed E-state index contributed by atoms with van der Waals surface area (Å²) in [6.07, 6.45) is 1.36. The van der Waals surface area contributed by atoms with Gasteiger partial charge in [-0.2, -0.15) is 0 Å². The van der Waals surface area contributed by atoms with Gasteiger partial charge in [-0.05, 0) is 45.0 Å². The third-order valence-electron chi connectivity index (χ3n) is 3.35. The molecule has 1 amide bonds. The minimum atomic E-state index is -0.726. The summed E-state index contributed by atoms with van der Waals surface area (Å²) in [6.45, 7) is 3.48. The van der Waals surface area contributed by atoms with E-state index in [-0.39, 0.29) is 30.7 Å². The lowest BCUT2D eigenvalue weighted by atomic mass is 9.91. The predicted octanol–water partition coefficient (Wildman–Crippen LogP) is 1.94. The number of methoxy groups -OCH3 is 1. The molecule has 1 aromatic rings. The minimum Gasteiger partial charge on any atom is -0.368 e. The molecule has 114 valence electrons. The minimum absolute atomic E-state index is 0. The quantitative estimate of drug-likeness (QED) is 0.893. The van der Waals surface area contributed by atoms with E-state index in [0.29, 0.717) is 18.7 Å². The fourth-order valence-corrected chi connectivity index (χ4v) is 2.20. The van der Waals surface area contributed by atoms with Crippen molar-refractivity contribution >= 4 is 36.5 Å². The Morgan fingerprint density at radius 3 is 2.55 bits per heavy atom. The number of hydrogen-bond acceptors (Lipinski definition) is 4. The summed E-state index contributed by atoms with van der Waals surface area (Å²) in [5.41, 5.74) is 0.154. The van der Waals surface area contributed by atoms with E-state index in [0.717, 1.165) is 18.8 Å². The number of carbonyl (C=O) groups excluding carboxylic acids is 1. The zero-order valence-corrected chi connectivity index (χ0v) is 13.3. The van der Waals surface area contributed by atoms with Crippen molar-refractivity contribution in [1.82, 2.24) is 10.3 Å². The summed E-state index contributed by atoms with van der Waals surface area (Å²) >= 11 is 0. The van der Waals surface area contributed by atoms with E-state index in [9.17, 15) is 4.79 Å². The van der Waals surface area contributed by atoms with Gasteiger partial charge in [0.25, 0.3) is 5.91 Å². The van der Waals surface area contributed by atoms with Crippen LogP contribution in [0.2, 0.25) is 0 Å². The van der Waals surface area contributed by atoms with Crippen LogP contribution in [-0.2, 0) is 9.53 Å². The number of anilines is 1. The second-order valence-corrected chi connectivity index (χ2v) is 4.57. The fourth-order valence-electron chi connectivity index (χ4n) is 2.20. The van der Waals surface area contributed by atoms with Crippen molar-refractivity contribution in [2.45, 2.75) is 25.4 Å². The van der Waals surface area contributed by atoms with Crippen LogP contribution in [0.3, 0.4) is 0 Å². The molecule has 0 aliphatic carbocycles. The van der Waals surface area contributed by atoms with Gasteiger partial charge in [-0.3, -0.25) is 4.79 Å². The SMILES string of the molecule is COC1(C(=O)Nc2cccc(C)n2)CCNCC1.Cl.Cl. The van der Waals surface area contributed by atoms with Crippen molar-refractivity contribution in [3.05, 3.63) is 23.9 Å². The first-order chi connectivity index (χ1) is 8.66. The molecule has 1 fully saturated rings. The number of carbonyl (C=O) groups is 1. The van der Waals surface area contributed by atoms with Crippen molar-refractivity contribution in [2.75, 3.05) is 25.5 Å². The molecule has 2 rings (SSSR count). The highest BCUT2D eigenvalue weighted by Gasteiger charge is 2.39. The number of hydrogen-bond donors (Lipinski definition) is 2. The first kappa shape index (κ1) is 19.1. The molecule has 0 atom stereocenters. The molecule has 1 aliphatic heterocycles. The molecule has 0 radical (unpaired) electrons. The van der Waals surface area contributed by atoms with E-state index in [4.69, 9.17) is 4.74 Å². The monoisotopic (exact) mass is 321 g/mol. The molecular formula is C13H21Cl2N3O2. The summed E-state index contributed by atoms with van der Waals surface area (Å²) in [6, 6.07) is 5.56. The van der Waals surface area contributed by atoms with Crippen LogP contribution in [0.15, 0.2) is 18.2 Å². The highest BCUT2D eigenvalue weighted by atomic mass is 35.5. The topological polar surface area (TPSA) is 63.2 Å². The lowest BCUT2D eigenvalue weighted by molar-refractivity contribution is -0.140. The van der Waals surface area contributed by atoms with Gasteiger partial charge >= 0.3 is 0 Å². The number of nitrogens with zero attached hydrogens (tertiary/aromatic N) is 1. The van der Waals surface area contributed by atoms with Crippen molar-refractivity contribution in [3.8, 4) is 0 Å². The predicted molar refractivity (Wildman–Crippen MR) is 83.9 cm³/mol. The first-order valence-corrected chi connectivity index (χ1v) is 6.17. The smallest absolute Gasteiger partial charge is 0.257 e. The molecule has 0 saturated carbocycles. The Morgan fingerprint density at radius 1 is 1.35 bits per heavy atom. The van der Waals surface area contributed by atoms with E-state index < -0.39 is 5.60 Å². The van der Waals surface area contributed by atoms with Gasteiger partial charge in [-0.1, -0.05) is 6.07 Å². The maximum absolute atomic E-state index is 12.3. The van der Waals surface area contributed by atoms with Crippen LogP contribution >= 0.6 is 24.8 Å². The fraction of sp³-hybridized carbons (Fsp3) is 0.538. The number of ether oxygens (including phenoxy) is 1. The van der Waals surface area contributed by atoms with E-state index in [1.807, 2.05) is 19.1 Å². The largest absolute Gasteiger partial charge is 0.368 e. The highest BCUT2D eigenvalue weighted by molar-refractivity contribution is 5.96. The van der Waals surface area contributed by atoms with Gasteiger partial charge in [0.15, 0.2) is 0 Å². The first-order valence-electron chi connectivity index (χ1n) is 6.17. The number of nitrogens with one attached hydrogen (secondary N) is 2. The third-order valence-corrected chi connectivity index (χ3v) is 3.35. The molecule has 5 nitrogen and oxygen atoms in total. The zero-order chi connectivity index (χ0) is 13.0. The number of aromatic nitrogens is 1. The standard InChI is InChI=1S/C13H19N3O2.2ClH/c1-10-4-3-5-11(15-10)16-12(17)13(18-2)6-8-14-9-7-13;;/h3-5,14H,6-9H2,1-2H3,(H,15,16,17);2*1H. The molecule has 1 saturated heterocycles. The van der Waals surface area contributed by atoms with Gasteiger partial charge < -0.3 is 15.4 Å². The van der Waals surface area contributed by atoms with Crippen LogP contribution in [0.4, 0.5) is 5.82 Å². The van der Waals surface area contributed by atoms with Gasteiger partial charge in [-0.15, -0.1) is 24.8 Å². The average Bonchev–Trinajstić information content (AvgIpc) is 2.39. The Labute approximate surface area is 131 Å². The molecule has 0 aromatic carbocycles. The van der Waals surface area contributed by atoms with Gasteiger partial charge in [0, 0.05) is 12.8 Å². The molecule has 0 unspecified atom stereocenters. The van der Waals surface area contributed by atoms with Crippen molar-refractivity contribution < 1.29 is 9.53 Å². The normalized spacial score (nSPS) is 16.5. The number of rotatable bonds is 3. The summed E-state index contributed by atoms with van der Waals surface area (Å²) < 4.78 is 5.46. The highest BCUT2D eigenvalue weighted by Crippen LogP contribution is 2.24. The number of piperidine rings is 1. The number of halogens is 2. The van der Waals surface area contributed by atoms with Gasteiger partial charge in [-0.25, -0.2) is 4.98 Å². The van der Waals surface area contributed by atoms with Crippen molar-refractivity contribution in [1.29, 1.82) is 0 Å². The van der Waals surface area contributed by atoms with Gasteiger partial charge in [0.05, 0.1) is 0 Å². The van der Waals surface area contributed by atoms with Crippen LogP contribution in [0.5, 0.6) is 0 Å². The average molecular weight is 322 g/mol. The molecule has 7 heteroatoms. The summed E-state index contributed by atoms with van der Waals surface area (Å²) in [7, 11) is 1.59. The summed E-state index contributed by atoms with van der Waals surface area (Å²) in [5.74, 6) is 0.472. The van der Waals surface area contributed by atoms with E-state index >= 15 is 0 Å². The Kier molecular flexibility index (Phi) is 8.05. The van der Waals surface area contributed by atoms with E-state index in [2.05, 4.69) is 15.6 Å². The van der Waals surface area contributed by atoms with Crippen LogP contribution in [-0.4, -0.2) is 36.7 Å². The van der Waals surface area contributed by atoms with Gasteiger partial charge in [0.1, 0.15) is 11.4 Å². The zero-order valence-electron chi connectivity index (χ0n) is 11.6. The molecular weight excluding hydrogens is 301 g/mol. The number of amides is 1. The second-order valence-electron chi connectivity index (χ2n) is 4.57. The molecule has 0 bridgehead atoms. The molecule has 0 spiro atoms. The number of pyridine rings is 1. The third kappa shape index (κ3) is 4.31. The molecule has 2 N–H and O–H groups in total. The van der Waals surface area contributed by atoms with Crippen LogP contribution in [0, 0.1) is 6.92 Å². The van der Waals surface area contributed by atoms with Crippen LogP contribution in [0.25, 0.3) is 0 Å². The lowest BCUT2D eigenvalue weighted by Crippen LogP contribution is -2.51. The molecule has 20 heavy (non-hydrogen) atoms. The summed E-state index contributed by atoms with van der Waals surface area (Å²) in [5, 5.41) is 6.07. The Hall–Kier alpha value is -0.880. The van der Waals surface area contributed by atoms with Crippen molar-refractivity contribution in [3.63, 3.8) is 0 Å². The van der Waals surface area contributed by atoms with E-state index in [1.165, 1.54) is 0 Å². The van der Waals surface area contributed by atoms with Gasteiger partial charge in [0.2, 0.25) is 0 Å².